The lowest BCUT2D eigenvalue weighted by Gasteiger charge is -2.16. The molecule has 0 fully saturated rings. The van der Waals surface area contributed by atoms with Gasteiger partial charge in [0.05, 0.1) is 6.10 Å². The number of hydrogen-bond donors (Lipinski definition) is 3. The number of nitrogens with one attached hydrogen (secondary N) is 1. The van der Waals surface area contributed by atoms with Crippen molar-refractivity contribution < 1.29 is 28.3 Å². The van der Waals surface area contributed by atoms with E-state index in [-0.39, 0.29) is 0 Å². The summed E-state index contributed by atoms with van der Waals surface area (Å²) in [5.74, 6) is -2.10. The Balaban J connectivity index is 3.04. The number of nitro groups is 1. The van der Waals surface area contributed by atoms with Crippen LogP contribution < -0.4 is 4.72 Å². The van der Waals surface area contributed by atoms with Gasteiger partial charge in [-0.1, -0.05) is 0 Å². The number of rotatable bonds is 6. The standard InChI is InChI=1S/C9H11N3O7S/c1-5(13)8(9(14)15)11-20(18,19)6-2-3-7(10-4-6)12(16)17/h2-5,8,11,13H,1H3,(H,14,15). The molecule has 2 atom stereocenters. The first-order valence-corrected chi connectivity index (χ1v) is 6.67. The van der Waals surface area contributed by atoms with Crippen molar-refractivity contribution in [2.24, 2.45) is 0 Å². The van der Waals surface area contributed by atoms with Crippen LogP contribution in [-0.4, -0.2) is 46.7 Å². The van der Waals surface area contributed by atoms with Gasteiger partial charge in [0.2, 0.25) is 10.0 Å². The van der Waals surface area contributed by atoms with E-state index in [9.17, 15) is 28.4 Å². The molecule has 0 aromatic carbocycles. The van der Waals surface area contributed by atoms with E-state index in [2.05, 4.69) is 4.98 Å². The average molecular weight is 305 g/mol. The van der Waals surface area contributed by atoms with Crippen LogP contribution in [0.1, 0.15) is 6.92 Å². The second-order valence-electron chi connectivity index (χ2n) is 3.79. The van der Waals surface area contributed by atoms with Crippen molar-refractivity contribution in [1.29, 1.82) is 0 Å². The van der Waals surface area contributed by atoms with Crippen LogP contribution in [0.4, 0.5) is 5.82 Å². The average Bonchev–Trinajstić information content (AvgIpc) is 2.35. The molecule has 110 valence electrons. The third kappa shape index (κ3) is 3.69. The fourth-order valence-corrected chi connectivity index (χ4v) is 2.44. The fraction of sp³-hybridized carbons (Fsp3) is 0.333. The lowest BCUT2D eigenvalue weighted by atomic mass is 10.2. The molecule has 11 heteroatoms. The first-order chi connectivity index (χ1) is 9.15. The third-order valence-electron chi connectivity index (χ3n) is 2.25. The zero-order chi connectivity index (χ0) is 15.5. The van der Waals surface area contributed by atoms with Crippen molar-refractivity contribution in [2.45, 2.75) is 24.0 Å². The Kier molecular flexibility index (Phi) is 4.70. The highest BCUT2D eigenvalue weighted by Gasteiger charge is 2.30. The van der Waals surface area contributed by atoms with Crippen LogP contribution >= 0.6 is 0 Å². The minimum absolute atomic E-state index is 0.449. The molecule has 0 aliphatic carbocycles. The Morgan fingerprint density at radius 3 is 2.45 bits per heavy atom. The summed E-state index contributed by atoms with van der Waals surface area (Å²) in [6.07, 6.45) is -0.741. The van der Waals surface area contributed by atoms with E-state index in [4.69, 9.17) is 5.11 Å². The SMILES string of the molecule is CC(O)C(NS(=O)(=O)c1ccc([N+](=O)[O-])nc1)C(=O)O. The van der Waals surface area contributed by atoms with E-state index < -0.39 is 43.8 Å². The molecular weight excluding hydrogens is 294 g/mol. The first-order valence-electron chi connectivity index (χ1n) is 5.19. The Morgan fingerprint density at radius 1 is 1.50 bits per heavy atom. The van der Waals surface area contributed by atoms with E-state index >= 15 is 0 Å². The van der Waals surface area contributed by atoms with Gasteiger partial charge in [-0.2, -0.15) is 4.72 Å². The molecule has 1 rings (SSSR count). The highest BCUT2D eigenvalue weighted by atomic mass is 32.2. The van der Waals surface area contributed by atoms with Crippen LogP contribution in [0.3, 0.4) is 0 Å². The van der Waals surface area contributed by atoms with Gasteiger partial charge in [-0.05, 0) is 22.9 Å². The van der Waals surface area contributed by atoms with Crippen LogP contribution in [0.5, 0.6) is 0 Å². The molecule has 20 heavy (non-hydrogen) atoms. The van der Waals surface area contributed by atoms with E-state index in [0.29, 0.717) is 0 Å². The number of nitrogens with zero attached hydrogens (tertiary/aromatic N) is 2. The predicted molar refractivity (Wildman–Crippen MR) is 64.3 cm³/mol. The summed E-state index contributed by atoms with van der Waals surface area (Å²) in [4.78, 5) is 23.2. The molecule has 0 aliphatic heterocycles. The maximum Gasteiger partial charge on any atom is 0.363 e. The van der Waals surface area contributed by atoms with Crippen molar-refractivity contribution in [3.05, 3.63) is 28.4 Å². The summed E-state index contributed by atoms with van der Waals surface area (Å²) in [7, 11) is -4.27. The molecule has 0 bridgehead atoms. The van der Waals surface area contributed by atoms with E-state index in [0.717, 1.165) is 25.3 Å². The molecule has 10 nitrogen and oxygen atoms in total. The third-order valence-corrected chi connectivity index (χ3v) is 3.67. The Morgan fingerprint density at radius 2 is 2.10 bits per heavy atom. The van der Waals surface area contributed by atoms with Gasteiger partial charge >= 0.3 is 11.8 Å². The van der Waals surface area contributed by atoms with Gasteiger partial charge in [-0.3, -0.25) is 4.79 Å². The number of sulfonamides is 1. The molecule has 0 radical (unpaired) electrons. The number of carboxylic acids is 1. The van der Waals surface area contributed by atoms with Gasteiger partial charge in [0, 0.05) is 6.07 Å². The molecule has 0 saturated carbocycles. The monoisotopic (exact) mass is 305 g/mol. The maximum atomic E-state index is 11.8. The molecule has 1 aromatic heterocycles. The Hall–Kier alpha value is -2.11. The number of pyridine rings is 1. The van der Waals surface area contributed by atoms with E-state index in [1.54, 1.807) is 4.72 Å². The summed E-state index contributed by atoms with van der Waals surface area (Å²) in [5.41, 5.74) is 0. The highest BCUT2D eigenvalue weighted by Crippen LogP contribution is 2.13. The Bertz CT molecular complexity index is 611. The summed E-state index contributed by atoms with van der Waals surface area (Å²) in [6.45, 7) is 1.11. The van der Waals surface area contributed by atoms with E-state index in [1.165, 1.54) is 0 Å². The predicted octanol–water partition coefficient (Wildman–Crippen LogP) is -0.898. The van der Waals surface area contributed by atoms with Crippen molar-refractivity contribution >= 4 is 21.8 Å². The first kappa shape index (κ1) is 15.9. The van der Waals surface area contributed by atoms with Crippen LogP contribution in [-0.2, 0) is 14.8 Å². The van der Waals surface area contributed by atoms with Crippen molar-refractivity contribution in [3.63, 3.8) is 0 Å². The number of aliphatic carboxylic acids is 1. The van der Waals surface area contributed by atoms with Crippen molar-refractivity contribution in [2.75, 3.05) is 0 Å². The highest BCUT2D eigenvalue weighted by molar-refractivity contribution is 7.89. The normalized spacial score (nSPS) is 14.5. The second kappa shape index (κ2) is 5.90. The molecule has 1 heterocycles. The summed E-state index contributed by atoms with van der Waals surface area (Å²) < 4.78 is 25.4. The minimum Gasteiger partial charge on any atom is -0.480 e. The molecule has 0 amide bonds. The van der Waals surface area contributed by atoms with Crippen LogP contribution in [0.2, 0.25) is 0 Å². The molecule has 3 N–H and O–H groups in total. The van der Waals surface area contributed by atoms with Crippen molar-refractivity contribution in [1.82, 2.24) is 9.71 Å². The topological polar surface area (TPSA) is 160 Å². The van der Waals surface area contributed by atoms with Crippen LogP contribution in [0.25, 0.3) is 0 Å². The number of aliphatic hydroxyl groups excluding tert-OH is 1. The number of carboxylic acid groups (broad SMARTS) is 1. The molecule has 2 unspecified atom stereocenters. The van der Waals surface area contributed by atoms with Gasteiger partial charge < -0.3 is 20.3 Å². The quantitative estimate of drug-likeness (QED) is 0.450. The van der Waals surface area contributed by atoms with E-state index in [1.807, 2.05) is 0 Å². The van der Waals surface area contributed by atoms with Gasteiger partial charge in [0.25, 0.3) is 0 Å². The Labute approximate surface area is 113 Å². The fourth-order valence-electron chi connectivity index (χ4n) is 1.23. The zero-order valence-electron chi connectivity index (χ0n) is 10.1. The van der Waals surface area contributed by atoms with Crippen molar-refractivity contribution in [3.8, 4) is 0 Å². The van der Waals surface area contributed by atoms with Gasteiger partial charge in [-0.25, -0.2) is 8.42 Å². The molecule has 0 aliphatic rings. The smallest absolute Gasteiger partial charge is 0.363 e. The van der Waals surface area contributed by atoms with Gasteiger partial charge in [0.1, 0.15) is 10.9 Å². The molecular formula is C9H11N3O7S. The lowest BCUT2D eigenvalue weighted by molar-refractivity contribution is -0.389. The molecule has 1 aromatic rings. The van der Waals surface area contributed by atoms with Crippen LogP contribution in [0.15, 0.2) is 23.2 Å². The summed E-state index contributed by atoms with van der Waals surface area (Å²) >= 11 is 0. The largest absolute Gasteiger partial charge is 0.480 e. The minimum atomic E-state index is -4.27. The van der Waals surface area contributed by atoms with Gasteiger partial charge in [-0.15, -0.1) is 0 Å². The maximum absolute atomic E-state index is 11.8. The lowest BCUT2D eigenvalue weighted by Crippen LogP contribution is -2.47. The second-order valence-corrected chi connectivity index (χ2v) is 5.50. The number of aliphatic hydroxyl groups is 1. The van der Waals surface area contributed by atoms with Crippen LogP contribution in [0, 0.1) is 10.1 Å². The van der Waals surface area contributed by atoms with Gasteiger partial charge in [0.15, 0.2) is 6.20 Å². The molecule has 0 spiro atoms. The number of hydrogen-bond acceptors (Lipinski definition) is 7. The summed E-state index contributed by atoms with van der Waals surface area (Å²) in [5, 5.41) is 28.4. The summed E-state index contributed by atoms with van der Waals surface area (Å²) in [6, 6.07) is 0.0383. The molecule has 0 saturated heterocycles. The number of carbonyl (C=O) groups is 1. The zero-order valence-corrected chi connectivity index (χ0v) is 10.9. The number of aromatic nitrogens is 1.